The first kappa shape index (κ1) is 20.5. The molecule has 4 aromatic rings. The minimum atomic E-state index is -0.428. The Balaban J connectivity index is 1.90. The molecule has 0 unspecified atom stereocenters. The molecular weight excluding hydrogens is 472 g/mol. The summed E-state index contributed by atoms with van der Waals surface area (Å²) in [7, 11) is 1.58. The Hall–Kier alpha value is -3.39. The maximum absolute atomic E-state index is 13.6. The van der Waals surface area contributed by atoms with Crippen LogP contribution in [-0.2, 0) is 7.05 Å². The van der Waals surface area contributed by atoms with Gasteiger partial charge in [-0.15, -0.1) is 0 Å². The second-order valence-electron chi connectivity index (χ2n) is 8.10. The molecule has 162 valence electrons. The molecule has 1 aliphatic carbocycles. The number of hydrogen-bond donors (Lipinski definition) is 1. The van der Waals surface area contributed by atoms with Gasteiger partial charge in [-0.05, 0) is 55.7 Å². The normalized spacial score (nSPS) is 13.5. The summed E-state index contributed by atoms with van der Waals surface area (Å²) >= 11 is 3.46. The minimum Gasteiger partial charge on any atom is -0.354 e. The zero-order valence-electron chi connectivity index (χ0n) is 17.6. The predicted molar refractivity (Wildman–Crippen MR) is 129 cm³/mol. The summed E-state index contributed by atoms with van der Waals surface area (Å²) in [5, 5.41) is 3.58. The number of benzene rings is 2. The van der Waals surface area contributed by atoms with Crippen LogP contribution < -0.4 is 22.1 Å². The quantitative estimate of drug-likeness (QED) is 0.466. The van der Waals surface area contributed by atoms with Gasteiger partial charge < -0.3 is 5.32 Å². The van der Waals surface area contributed by atoms with Crippen molar-refractivity contribution in [3.8, 4) is 5.69 Å². The number of aryl methyl sites for hydroxylation is 2. The van der Waals surface area contributed by atoms with E-state index in [1.54, 1.807) is 19.2 Å². The third kappa shape index (κ3) is 3.31. The van der Waals surface area contributed by atoms with E-state index in [1.165, 1.54) is 19.8 Å². The van der Waals surface area contributed by atoms with Crippen molar-refractivity contribution in [1.82, 2.24) is 13.7 Å². The second kappa shape index (κ2) is 7.63. The van der Waals surface area contributed by atoms with Crippen LogP contribution >= 0.6 is 15.9 Å². The summed E-state index contributed by atoms with van der Waals surface area (Å²) < 4.78 is 5.10. The molecule has 1 saturated carbocycles. The van der Waals surface area contributed by atoms with Crippen LogP contribution in [0.2, 0.25) is 0 Å². The fraction of sp³-hybridized carbons (Fsp3) is 0.208. The van der Waals surface area contributed by atoms with Gasteiger partial charge in [0.2, 0.25) is 0 Å². The maximum atomic E-state index is 13.6. The van der Waals surface area contributed by atoms with Crippen LogP contribution in [0.25, 0.3) is 16.7 Å². The molecule has 7 nitrogen and oxygen atoms in total. The van der Waals surface area contributed by atoms with Crippen molar-refractivity contribution in [2.75, 3.05) is 5.32 Å². The number of fused-ring (bicyclic) bond motifs is 1. The van der Waals surface area contributed by atoms with Gasteiger partial charge in [0, 0.05) is 29.3 Å². The van der Waals surface area contributed by atoms with Gasteiger partial charge in [-0.3, -0.25) is 18.7 Å². The topological polar surface area (TPSA) is 78.0 Å². The van der Waals surface area contributed by atoms with Crippen molar-refractivity contribution in [2.24, 2.45) is 7.05 Å². The fourth-order valence-electron chi connectivity index (χ4n) is 4.04. The van der Waals surface area contributed by atoms with E-state index in [9.17, 15) is 14.4 Å². The number of nitrogens with one attached hydrogen (secondary N) is 1. The average Bonchev–Trinajstić information content (AvgIpc) is 3.59. The summed E-state index contributed by atoms with van der Waals surface area (Å²) in [5.41, 5.74) is 1.86. The van der Waals surface area contributed by atoms with E-state index < -0.39 is 5.69 Å². The van der Waals surface area contributed by atoms with Gasteiger partial charge in [-0.25, -0.2) is 9.36 Å². The number of nitrogens with zero attached hydrogens (tertiary/aromatic N) is 3. The van der Waals surface area contributed by atoms with Crippen LogP contribution in [0.5, 0.6) is 0 Å². The number of para-hydroxylation sites is 1. The molecule has 0 aliphatic heterocycles. The van der Waals surface area contributed by atoms with Gasteiger partial charge in [0.05, 0.1) is 11.4 Å². The van der Waals surface area contributed by atoms with Gasteiger partial charge >= 0.3 is 5.69 Å². The number of anilines is 2. The fourth-order valence-corrected chi connectivity index (χ4v) is 4.51. The molecule has 1 fully saturated rings. The van der Waals surface area contributed by atoms with Gasteiger partial charge in [0.25, 0.3) is 11.1 Å². The van der Waals surface area contributed by atoms with Crippen LogP contribution in [0.3, 0.4) is 0 Å². The van der Waals surface area contributed by atoms with Gasteiger partial charge in [0.1, 0.15) is 11.0 Å². The van der Waals surface area contributed by atoms with Gasteiger partial charge in [0.15, 0.2) is 0 Å². The van der Waals surface area contributed by atoms with Crippen molar-refractivity contribution in [1.29, 1.82) is 0 Å². The van der Waals surface area contributed by atoms with E-state index in [4.69, 9.17) is 0 Å². The van der Waals surface area contributed by atoms with Crippen LogP contribution in [0, 0.1) is 6.92 Å². The molecule has 5 rings (SSSR count). The molecule has 1 aliphatic rings. The Kier molecular flexibility index (Phi) is 4.89. The highest BCUT2D eigenvalue weighted by Gasteiger charge is 2.30. The Bertz CT molecular complexity index is 1550. The summed E-state index contributed by atoms with van der Waals surface area (Å²) in [5.74, 6) is 0. The van der Waals surface area contributed by atoms with Crippen LogP contribution in [0.4, 0.5) is 11.4 Å². The Labute approximate surface area is 191 Å². The molecule has 0 radical (unpaired) electrons. The van der Waals surface area contributed by atoms with Crippen molar-refractivity contribution < 1.29 is 0 Å². The average molecular weight is 493 g/mol. The van der Waals surface area contributed by atoms with E-state index >= 15 is 0 Å². The molecule has 8 heteroatoms. The molecule has 0 saturated heterocycles. The summed E-state index contributed by atoms with van der Waals surface area (Å²) in [6, 6.07) is 16.1. The SMILES string of the molecule is Cc1cc(Br)ccc1Nc1cc(=O)n(C)c2c1c(=O)n(C1CC1)c(=O)n2-c1ccccc1. The molecule has 0 bridgehead atoms. The molecule has 0 spiro atoms. The molecule has 2 heterocycles. The molecule has 2 aromatic carbocycles. The van der Waals surface area contributed by atoms with E-state index in [0.717, 1.165) is 28.6 Å². The number of aromatic nitrogens is 3. The third-order valence-corrected chi connectivity index (χ3v) is 6.33. The predicted octanol–water partition coefficient (Wildman–Crippen LogP) is 4.00. The highest BCUT2D eigenvalue weighted by Crippen LogP contribution is 2.33. The van der Waals surface area contributed by atoms with E-state index in [2.05, 4.69) is 21.2 Å². The molecule has 0 atom stereocenters. The summed E-state index contributed by atoms with van der Waals surface area (Å²) in [6.07, 6.45) is 1.57. The highest BCUT2D eigenvalue weighted by atomic mass is 79.9. The third-order valence-electron chi connectivity index (χ3n) is 5.84. The largest absolute Gasteiger partial charge is 0.354 e. The lowest BCUT2D eigenvalue weighted by molar-refractivity contribution is 0.637. The van der Waals surface area contributed by atoms with E-state index in [0.29, 0.717) is 16.8 Å². The Morgan fingerprint density at radius 1 is 0.969 bits per heavy atom. The lowest BCUT2D eigenvalue weighted by Crippen LogP contribution is -2.41. The zero-order chi connectivity index (χ0) is 22.6. The highest BCUT2D eigenvalue weighted by molar-refractivity contribution is 9.10. The maximum Gasteiger partial charge on any atom is 0.337 e. The van der Waals surface area contributed by atoms with E-state index in [-0.39, 0.29) is 22.8 Å². The smallest absolute Gasteiger partial charge is 0.337 e. The molecule has 32 heavy (non-hydrogen) atoms. The van der Waals surface area contributed by atoms with E-state index in [1.807, 2.05) is 43.3 Å². The summed E-state index contributed by atoms with van der Waals surface area (Å²) in [4.78, 5) is 40.0. The van der Waals surface area contributed by atoms with Crippen molar-refractivity contribution in [2.45, 2.75) is 25.8 Å². The first-order valence-electron chi connectivity index (χ1n) is 10.4. The van der Waals surface area contributed by atoms with Crippen molar-refractivity contribution >= 4 is 38.3 Å². The van der Waals surface area contributed by atoms with Gasteiger partial charge in [-0.1, -0.05) is 34.1 Å². The molecule has 0 amide bonds. The number of pyridine rings is 1. The Morgan fingerprint density at radius 2 is 1.69 bits per heavy atom. The van der Waals surface area contributed by atoms with Crippen LogP contribution in [-0.4, -0.2) is 13.7 Å². The Morgan fingerprint density at radius 3 is 2.34 bits per heavy atom. The van der Waals surface area contributed by atoms with Gasteiger partial charge in [-0.2, -0.15) is 0 Å². The number of rotatable bonds is 4. The molecule has 1 N–H and O–H groups in total. The second-order valence-corrected chi connectivity index (χ2v) is 9.01. The first-order chi connectivity index (χ1) is 15.4. The number of hydrogen-bond acceptors (Lipinski definition) is 4. The number of halogens is 1. The first-order valence-corrected chi connectivity index (χ1v) is 11.2. The molecular formula is C24H21BrN4O3. The summed E-state index contributed by atoms with van der Waals surface area (Å²) in [6.45, 7) is 1.94. The van der Waals surface area contributed by atoms with Crippen molar-refractivity contribution in [3.05, 3.63) is 95.8 Å². The van der Waals surface area contributed by atoms with Crippen molar-refractivity contribution in [3.63, 3.8) is 0 Å². The standard InChI is InChI=1S/C24H21BrN4O3/c1-14-12-15(25)8-11-18(14)26-19-13-20(30)27(2)22-21(19)23(31)29(17-9-10-17)24(32)28(22)16-6-4-3-5-7-16/h3-8,11-13,17,26H,9-10H2,1-2H3. The lowest BCUT2D eigenvalue weighted by atomic mass is 10.1. The van der Waals surface area contributed by atoms with Crippen LogP contribution in [0.1, 0.15) is 24.4 Å². The zero-order valence-corrected chi connectivity index (χ0v) is 19.2. The van der Waals surface area contributed by atoms with Crippen LogP contribution in [0.15, 0.2) is 73.5 Å². The molecule has 2 aromatic heterocycles. The lowest BCUT2D eigenvalue weighted by Gasteiger charge is -2.19. The minimum absolute atomic E-state index is 0.117. The monoisotopic (exact) mass is 492 g/mol.